The summed E-state index contributed by atoms with van der Waals surface area (Å²) in [7, 11) is -3.48. The van der Waals surface area contributed by atoms with Crippen LogP contribution in [0.15, 0.2) is 0 Å². The molecule has 6 heteroatoms. The Morgan fingerprint density at radius 2 is 1.82 bits per heavy atom. The summed E-state index contributed by atoms with van der Waals surface area (Å²) >= 11 is 0. The fraction of sp³-hybridized carbons (Fsp3) is 0.909. The molecule has 0 aromatic rings. The van der Waals surface area contributed by atoms with Crippen LogP contribution in [0.5, 0.6) is 0 Å². The highest BCUT2D eigenvalue weighted by Gasteiger charge is 2.24. The number of carbonyl (C=O) groups excluding carboxylic acids is 1. The maximum Gasteiger partial charge on any atom is 0.236 e. The number of sulfonamides is 1. The molecule has 0 aromatic carbocycles. The molecule has 0 spiro atoms. The highest BCUT2D eigenvalue weighted by molar-refractivity contribution is 7.90. The first kappa shape index (κ1) is 14.4. The van der Waals surface area contributed by atoms with Crippen LogP contribution in [0.25, 0.3) is 0 Å². The summed E-state index contributed by atoms with van der Waals surface area (Å²) in [5, 5.41) is 2.49. The Labute approximate surface area is 103 Å². The molecule has 2 N–H and O–H groups in total. The molecule has 0 aromatic heterocycles. The Kier molecular flexibility index (Phi) is 5.39. The van der Waals surface area contributed by atoms with E-state index in [2.05, 4.69) is 17.0 Å². The van der Waals surface area contributed by atoms with Crippen molar-refractivity contribution >= 4 is 15.9 Å². The van der Waals surface area contributed by atoms with Gasteiger partial charge in [0.05, 0.1) is 0 Å². The minimum absolute atomic E-state index is 0.00521. The molecule has 0 atom stereocenters. The third-order valence-corrected chi connectivity index (χ3v) is 4.39. The Balaban J connectivity index is 2.41. The van der Waals surface area contributed by atoms with Gasteiger partial charge in [0.25, 0.3) is 0 Å². The van der Waals surface area contributed by atoms with Gasteiger partial charge < -0.3 is 5.32 Å². The van der Waals surface area contributed by atoms with E-state index in [1.165, 1.54) is 0 Å². The van der Waals surface area contributed by atoms with Crippen LogP contribution >= 0.6 is 0 Å². The van der Waals surface area contributed by atoms with Crippen LogP contribution in [-0.2, 0) is 14.8 Å². The fourth-order valence-electron chi connectivity index (χ4n) is 2.09. The molecule has 1 fully saturated rings. The van der Waals surface area contributed by atoms with Crippen molar-refractivity contribution in [2.45, 2.75) is 45.6 Å². The van der Waals surface area contributed by atoms with Crippen molar-refractivity contribution in [1.82, 2.24) is 10.0 Å². The highest BCUT2D eigenvalue weighted by atomic mass is 32.2. The van der Waals surface area contributed by atoms with Gasteiger partial charge in [0, 0.05) is 12.6 Å². The van der Waals surface area contributed by atoms with Crippen molar-refractivity contribution < 1.29 is 13.2 Å². The number of amides is 1. The summed E-state index contributed by atoms with van der Waals surface area (Å²) in [5.41, 5.74) is 0. The number of hydrogen-bond acceptors (Lipinski definition) is 3. The average molecular weight is 262 g/mol. The average Bonchev–Trinajstić information content (AvgIpc) is 2.20. The van der Waals surface area contributed by atoms with Crippen LogP contribution in [0.1, 0.15) is 39.5 Å². The van der Waals surface area contributed by atoms with Gasteiger partial charge in [0.15, 0.2) is 0 Å². The molecule has 17 heavy (non-hydrogen) atoms. The minimum atomic E-state index is -3.48. The molecule has 1 aliphatic carbocycles. The van der Waals surface area contributed by atoms with Crippen LogP contribution in [0, 0.1) is 5.92 Å². The summed E-state index contributed by atoms with van der Waals surface area (Å²) in [4.78, 5) is 11.2. The zero-order valence-corrected chi connectivity index (χ0v) is 11.3. The lowest BCUT2D eigenvalue weighted by Crippen LogP contribution is -2.42. The largest absolute Gasteiger partial charge is 0.355 e. The van der Waals surface area contributed by atoms with Gasteiger partial charge in [0.1, 0.15) is 5.75 Å². The third kappa shape index (κ3) is 5.50. The minimum Gasteiger partial charge on any atom is -0.355 e. The first-order valence-electron chi connectivity index (χ1n) is 6.19. The second-order valence-electron chi connectivity index (χ2n) is 4.79. The number of hydrogen-bond donors (Lipinski definition) is 2. The van der Waals surface area contributed by atoms with Gasteiger partial charge in [-0.2, -0.15) is 0 Å². The van der Waals surface area contributed by atoms with Crippen LogP contribution in [-0.4, -0.2) is 32.7 Å². The molecule has 5 nitrogen and oxygen atoms in total. The Morgan fingerprint density at radius 1 is 1.24 bits per heavy atom. The maximum absolute atomic E-state index is 11.7. The molecule has 1 aliphatic rings. The standard InChI is InChI=1S/C11H22N2O3S/c1-3-12-11(14)8-17(15,16)13-10-6-4-9(2)5-7-10/h9-10,13H,3-8H2,1-2H3,(H,12,14). The van der Waals surface area contributed by atoms with E-state index in [9.17, 15) is 13.2 Å². The molecule has 0 radical (unpaired) electrons. The molecule has 1 amide bonds. The van der Waals surface area contributed by atoms with Gasteiger partial charge in [-0.3, -0.25) is 4.79 Å². The lowest BCUT2D eigenvalue weighted by Gasteiger charge is -2.26. The van der Waals surface area contributed by atoms with Gasteiger partial charge in [-0.15, -0.1) is 0 Å². The molecule has 0 heterocycles. The number of carbonyl (C=O) groups is 1. The van der Waals surface area contributed by atoms with E-state index in [-0.39, 0.29) is 6.04 Å². The van der Waals surface area contributed by atoms with E-state index >= 15 is 0 Å². The smallest absolute Gasteiger partial charge is 0.236 e. The van der Waals surface area contributed by atoms with Crippen molar-refractivity contribution in [1.29, 1.82) is 0 Å². The SMILES string of the molecule is CCNC(=O)CS(=O)(=O)NC1CCC(C)CC1. The van der Waals surface area contributed by atoms with E-state index in [1.54, 1.807) is 6.92 Å². The van der Waals surface area contributed by atoms with Gasteiger partial charge in [-0.25, -0.2) is 13.1 Å². The van der Waals surface area contributed by atoms with E-state index < -0.39 is 21.7 Å². The summed E-state index contributed by atoms with van der Waals surface area (Å²) in [6, 6.07) is 0.00521. The van der Waals surface area contributed by atoms with E-state index in [0.29, 0.717) is 12.5 Å². The molecular formula is C11H22N2O3S. The highest BCUT2D eigenvalue weighted by Crippen LogP contribution is 2.23. The second kappa shape index (κ2) is 6.35. The first-order chi connectivity index (χ1) is 7.93. The molecule has 0 saturated heterocycles. The third-order valence-electron chi connectivity index (χ3n) is 3.06. The molecule has 1 rings (SSSR count). The van der Waals surface area contributed by atoms with Gasteiger partial charge in [-0.05, 0) is 38.5 Å². The second-order valence-corrected chi connectivity index (χ2v) is 6.54. The molecule has 0 bridgehead atoms. The summed E-state index contributed by atoms with van der Waals surface area (Å²) in [5.74, 6) is -0.226. The number of nitrogens with one attached hydrogen (secondary N) is 2. The van der Waals surface area contributed by atoms with Crippen LogP contribution in [0.3, 0.4) is 0 Å². The normalized spacial score (nSPS) is 25.5. The lowest BCUT2D eigenvalue weighted by molar-refractivity contribution is -0.118. The van der Waals surface area contributed by atoms with Crippen molar-refractivity contribution in [3.8, 4) is 0 Å². The monoisotopic (exact) mass is 262 g/mol. The maximum atomic E-state index is 11.7. The predicted octanol–water partition coefficient (Wildman–Crippen LogP) is 0.621. The molecule has 0 unspecified atom stereocenters. The predicted molar refractivity (Wildman–Crippen MR) is 67.0 cm³/mol. The topological polar surface area (TPSA) is 75.3 Å². The fourth-order valence-corrected chi connectivity index (χ4v) is 3.37. The van der Waals surface area contributed by atoms with Crippen molar-refractivity contribution in [3.05, 3.63) is 0 Å². The molecule has 1 saturated carbocycles. The van der Waals surface area contributed by atoms with Crippen molar-refractivity contribution in [2.75, 3.05) is 12.3 Å². The van der Waals surface area contributed by atoms with E-state index in [0.717, 1.165) is 25.7 Å². The van der Waals surface area contributed by atoms with E-state index in [4.69, 9.17) is 0 Å². The Hall–Kier alpha value is -0.620. The van der Waals surface area contributed by atoms with Gasteiger partial charge >= 0.3 is 0 Å². The van der Waals surface area contributed by atoms with Gasteiger partial charge in [-0.1, -0.05) is 6.92 Å². The molecular weight excluding hydrogens is 240 g/mol. The van der Waals surface area contributed by atoms with Crippen LogP contribution in [0.2, 0.25) is 0 Å². The van der Waals surface area contributed by atoms with Crippen molar-refractivity contribution in [3.63, 3.8) is 0 Å². The summed E-state index contributed by atoms with van der Waals surface area (Å²) < 4.78 is 26.0. The molecule has 100 valence electrons. The zero-order valence-electron chi connectivity index (χ0n) is 10.5. The summed E-state index contributed by atoms with van der Waals surface area (Å²) in [6.45, 7) is 4.40. The Morgan fingerprint density at radius 3 is 2.35 bits per heavy atom. The lowest BCUT2D eigenvalue weighted by atomic mass is 9.88. The van der Waals surface area contributed by atoms with Crippen LogP contribution < -0.4 is 10.0 Å². The first-order valence-corrected chi connectivity index (χ1v) is 7.85. The van der Waals surface area contributed by atoms with E-state index in [1.807, 2.05) is 0 Å². The van der Waals surface area contributed by atoms with Crippen LogP contribution in [0.4, 0.5) is 0 Å². The number of rotatable bonds is 5. The van der Waals surface area contributed by atoms with Gasteiger partial charge in [0.2, 0.25) is 15.9 Å². The molecule has 0 aliphatic heterocycles. The summed E-state index contributed by atoms with van der Waals surface area (Å²) in [6.07, 6.45) is 3.84. The zero-order chi connectivity index (χ0) is 12.9. The van der Waals surface area contributed by atoms with Crippen molar-refractivity contribution in [2.24, 2.45) is 5.92 Å². The Bertz CT molecular complexity index is 346. The quantitative estimate of drug-likeness (QED) is 0.762.